The number of nitrogens with one attached hydrogen (secondary N) is 1. The number of carboxylic acid groups (broad SMARTS) is 1. The van der Waals surface area contributed by atoms with Gasteiger partial charge in [0, 0.05) is 17.4 Å². The molecule has 0 saturated carbocycles. The van der Waals surface area contributed by atoms with Crippen LogP contribution in [0.15, 0.2) is 6.07 Å². The zero-order valence-electron chi connectivity index (χ0n) is 13.2. The Labute approximate surface area is 120 Å². The van der Waals surface area contributed by atoms with Gasteiger partial charge in [-0.05, 0) is 24.3 Å². The van der Waals surface area contributed by atoms with E-state index in [1.165, 1.54) is 0 Å². The minimum absolute atomic E-state index is 0.0395. The first-order valence-electron chi connectivity index (χ1n) is 6.93. The molecule has 0 aliphatic heterocycles. The van der Waals surface area contributed by atoms with Crippen molar-refractivity contribution in [3.8, 4) is 0 Å². The van der Waals surface area contributed by atoms with Gasteiger partial charge in [-0.1, -0.05) is 34.6 Å². The van der Waals surface area contributed by atoms with Crippen LogP contribution < -0.4 is 5.32 Å². The number of aromatic nitrogens is 2. The maximum Gasteiger partial charge on any atom is 0.305 e. The predicted molar refractivity (Wildman–Crippen MR) is 80.0 cm³/mol. The van der Waals surface area contributed by atoms with Crippen LogP contribution in [0.2, 0.25) is 0 Å². The van der Waals surface area contributed by atoms with E-state index in [4.69, 9.17) is 5.11 Å². The van der Waals surface area contributed by atoms with Gasteiger partial charge in [-0.2, -0.15) is 0 Å². The van der Waals surface area contributed by atoms with E-state index < -0.39 is 5.97 Å². The van der Waals surface area contributed by atoms with Crippen molar-refractivity contribution in [3.05, 3.63) is 17.5 Å². The van der Waals surface area contributed by atoms with Gasteiger partial charge in [0.25, 0.3) is 0 Å². The van der Waals surface area contributed by atoms with Crippen molar-refractivity contribution in [2.24, 2.45) is 5.41 Å². The molecule has 1 aromatic rings. The first-order chi connectivity index (χ1) is 9.09. The van der Waals surface area contributed by atoms with Crippen LogP contribution in [0.1, 0.15) is 58.3 Å². The molecule has 0 fully saturated rings. The fourth-order valence-corrected chi connectivity index (χ4v) is 1.86. The van der Waals surface area contributed by atoms with E-state index in [9.17, 15) is 4.79 Å². The maximum absolute atomic E-state index is 11.0. The summed E-state index contributed by atoms with van der Waals surface area (Å²) < 4.78 is 0. The van der Waals surface area contributed by atoms with Gasteiger partial charge < -0.3 is 10.4 Å². The molecule has 0 aliphatic rings. The summed E-state index contributed by atoms with van der Waals surface area (Å²) in [5.74, 6) is -0.00570. The Bertz CT molecular complexity index is 478. The third-order valence-corrected chi connectivity index (χ3v) is 3.19. The van der Waals surface area contributed by atoms with Crippen LogP contribution in [-0.4, -0.2) is 27.1 Å². The Hall–Kier alpha value is -1.65. The minimum Gasteiger partial charge on any atom is -0.481 e. The zero-order chi connectivity index (χ0) is 15.5. The van der Waals surface area contributed by atoms with Gasteiger partial charge in [0.1, 0.15) is 0 Å². The average molecular weight is 279 g/mol. The van der Waals surface area contributed by atoms with Gasteiger partial charge in [-0.3, -0.25) is 4.79 Å². The fourth-order valence-electron chi connectivity index (χ4n) is 1.86. The topological polar surface area (TPSA) is 75.1 Å². The van der Waals surface area contributed by atoms with Gasteiger partial charge >= 0.3 is 5.97 Å². The van der Waals surface area contributed by atoms with Gasteiger partial charge in [0.2, 0.25) is 5.95 Å². The monoisotopic (exact) mass is 279 g/mol. The second-order valence-corrected chi connectivity index (χ2v) is 6.57. The Balaban J connectivity index is 3.02. The number of carboxylic acids is 1. The summed E-state index contributed by atoms with van der Waals surface area (Å²) in [5, 5.41) is 12.2. The van der Waals surface area contributed by atoms with E-state index in [0.717, 1.165) is 11.4 Å². The van der Waals surface area contributed by atoms with E-state index in [1.807, 2.05) is 33.8 Å². The van der Waals surface area contributed by atoms with Crippen LogP contribution in [0.5, 0.6) is 0 Å². The van der Waals surface area contributed by atoms with Crippen LogP contribution >= 0.6 is 0 Å². The van der Waals surface area contributed by atoms with E-state index in [-0.39, 0.29) is 17.9 Å². The number of hydrogen-bond donors (Lipinski definition) is 2. The standard InChI is InChI=1S/C15H25N3O2/c1-9(2)11-7-10(3)16-14(17-11)18-12(8-13(19)20)15(4,5)6/h7,9,12H,8H2,1-6H3,(H,19,20)(H,16,17,18). The Morgan fingerprint density at radius 1 is 1.35 bits per heavy atom. The van der Waals surface area contributed by atoms with E-state index in [2.05, 4.69) is 29.1 Å². The Morgan fingerprint density at radius 3 is 2.40 bits per heavy atom. The molecule has 1 unspecified atom stereocenters. The molecule has 0 saturated heterocycles. The van der Waals surface area contributed by atoms with Gasteiger partial charge in [-0.25, -0.2) is 9.97 Å². The molecule has 1 heterocycles. The highest BCUT2D eigenvalue weighted by Gasteiger charge is 2.27. The highest BCUT2D eigenvalue weighted by Crippen LogP contribution is 2.25. The normalized spacial score (nSPS) is 13.3. The van der Waals surface area contributed by atoms with Gasteiger partial charge in [-0.15, -0.1) is 0 Å². The van der Waals surface area contributed by atoms with Crippen LogP contribution in [0, 0.1) is 12.3 Å². The number of rotatable bonds is 5. The lowest BCUT2D eigenvalue weighted by Gasteiger charge is -2.30. The number of aryl methyl sites for hydroxylation is 1. The van der Waals surface area contributed by atoms with Crippen LogP contribution in [0.3, 0.4) is 0 Å². The average Bonchev–Trinajstić information content (AvgIpc) is 2.25. The highest BCUT2D eigenvalue weighted by molar-refractivity contribution is 5.68. The summed E-state index contributed by atoms with van der Waals surface area (Å²) in [5.41, 5.74) is 1.65. The summed E-state index contributed by atoms with van der Waals surface area (Å²) in [6.45, 7) is 12.1. The lowest BCUT2D eigenvalue weighted by molar-refractivity contribution is -0.137. The molecule has 5 heteroatoms. The van der Waals surface area contributed by atoms with Crippen LogP contribution in [0.4, 0.5) is 5.95 Å². The molecule has 0 amide bonds. The van der Waals surface area contributed by atoms with Crippen molar-refractivity contribution >= 4 is 11.9 Å². The van der Waals surface area contributed by atoms with Crippen LogP contribution in [0.25, 0.3) is 0 Å². The molecular formula is C15H25N3O2. The number of anilines is 1. The molecule has 20 heavy (non-hydrogen) atoms. The minimum atomic E-state index is -0.825. The number of hydrogen-bond acceptors (Lipinski definition) is 4. The van der Waals surface area contributed by atoms with Crippen molar-refractivity contribution in [2.45, 2.75) is 59.9 Å². The third-order valence-electron chi connectivity index (χ3n) is 3.19. The fraction of sp³-hybridized carbons (Fsp3) is 0.667. The van der Waals surface area contributed by atoms with Crippen molar-refractivity contribution in [2.75, 3.05) is 5.32 Å². The molecule has 0 spiro atoms. The summed E-state index contributed by atoms with van der Waals surface area (Å²) in [6.07, 6.45) is 0.0395. The lowest BCUT2D eigenvalue weighted by Crippen LogP contribution is -2.36. The summed E-state index contributed by atoms with van der Waals surface area (Å²) in [4.78, 5) is 19.8. The largest absolute Gasteiger partial charge is 0.481 e. The summed E-state index contributed by atoms with van der Waals surface area (Å²) in [7, 11) is 0. The first kappa shape index (κ1) is 16.4. The lowest BCUT2D eigenvalue weighted by atomic mass is 9.85. The maximum atomic E-state index is 11.0. The molecule has 0 radical (unpaired) electrons. The molecule has 2 N–H and O–H groups in total. The Kier molecular flexibility index (Phi) is 5.09. The molecule has 0 aromatic carbocycles. The molecule has 0 bridgehead atoms. The third kappa shape index (κ3) is 4.79. The van der Waals surface area contributed by atoms with E-state index in [1.54, 1.807) is 0 Å². The quantitative estimate of drug-likeness (QED) is 0.865. The van der Waals surface area contributed by atoms with Crippen molar-refractivity contribution in [3.63, 3.8) is 0 Å². The summed E-state index contributed by atoms with van der Waals surface area (Å²) >= 11 is 0. The van der Waals surface area contributed by atoms with E-state index in [0.29, 0.717) is 11.9 Å². The highest BCUT2D eigenvalue weighted by atomic mass is 16.4. The second-order valence-electron chi connectivity index (χ2n) is 6.57. The van der Waals surface area contributed by atoms with Gasteiger partial charge in [0.15, 0.2) is 0 Å². The van der Waals surface area contributed by atoms with Crippen molar-refractivity contribution in [1.29, 1.82) is 0 Å². The molecule has 5 nitrogen and oxygen atoms in total. The number of aliphatic carboxylic acids is 1. The second kappa shape index (κ2) is 6.20. The van der Waals surface area contributed by atoms with E-state index >= 15 is 0 Å². The SMILES string of the molecule is Cc1cc(C(C)C)nc(NC(CC(=O)O)C(C)(C)C)n1. The zero-order valence-corrected chi connectivity index (χ0v) is 13.2. The molecular weight excluding hydrogens is 254 g/mol. The first-order valence-corrected chi connectivity index (χ1v) is 6.93. The molecule has 112 valence electrons. The molecule has 1 aromatic heterocycles. The van der Waals surface area contributed by atoms with Gasteiger partial charge in [0.05, 0.1) is 6.42 Å². The summed E-state index contributed by atoms with van der Waals surface area (Å²) in [6, 6.07) is 1.74. The van der Waals surface area contributed by atoms with Crippen molar-refractivity contribution in [1.82, 2.24) is 9.97 Å². The Morgan fingerprint density at radius 2 is 1.95 bits per heavy atom. The van der Waals surface area contributed by atoms with Crippen molar-refractivity contribution < 1.29 is 9.90 Å². The molecule has 0 aliphatic carbocycles. The molecule has 1 atom stereocenters. The smallest absolute Gasteiger partial charge is 0.305 e. The number of nitrogens with zero attached hydrogens (tertiary/aromatic N) is 2. The number of carbonyl (C=O) groups is 1. The molecule has 1 rings (SSSR count). The predicted octanol–water partition coefficient (Wildman–Crippen LogP) is 3.21. The van der Waals surface area contributed by atoms with Crippen LogP contribution in [-0.2, 0) is 4.79 Å².